The van der Waals surface area contributed by atoms with E-state index in [2.05, 4.69) is 0 Å². The molecule has 1 aliphatic rings. The van der Waals surface area contributed by atoms with Crippen LogP contribution >= 0.6 is 0 Å². The number of carbonyl (C=O) groups is 1. The van der Waals surface area contributed by atoms with Gasteiger partial charge in [0.25, 0.3) is 0 Å². The smallest absolute Gasteiger partial charge is 0.306 e. The van der Waals surface area contributed by atoms with Crippen molar-refractivity contribution in [2.75, 3.05) is 14.2 Å². The van der Waals surface area contributed by atoms with Crippen LogP contribution in [0.5, 0.6) is 11.5 Å². The molecule has 4 nitrogen and oxygen atoms in total. The second-order valence-electron chi connectivity index (χ2n) is 4.20. The summed E-state index contributed by atoms with van der Waals surface area (Å²) < 4.78 is 15.8. The molecule has 0 bridgehead atoms. The van der Waals surface area contributed by atoms with Crippen molar-refractivity contribution in [2.24, 2.45) is 5.92 Å². The topological polar surface area (TPSA) is 44.8 Å². The second kappa shape index (κ2) is 4.65. The molecule has 1 saturated heterocycles. The monoisotopic (exact) mass is 236 g/mol. The third-order valence-electron chi connectivity index (χ3n) is 3.01. The molecule has 0 spiro atoms. The molecular formula is C13H16O4. The van der Waals surface area contributed by atoms with Crippen LogP contribution in [0, 0.1) is 5.92 Å². The van der Waals surface area contributed by atoms with Gasteiger partial charge in [0.15, 0.2) is 0 Å². The maximum Gasteiger partial charge on any atom is 0.306 e. The van der Waals surface area contributed by atoms with Crippen molar-refractivity contribution in [1.29, 1.82) is 0 Å². The Balaban J connectivity index is 2.34. The van der Waals surface area contributed by atoms with Gasteiger partial charge in [-0.05, 0) is 12.1 Å². The Kier molecular flexibility index (Phi) is 3.22. The van der Waals surface area contributed by atoms with E-state index in [4.69, 9.17) is 14.2 Å². The zero-order valence-electron chi connectivity index (χ0n) is 10.2. The summed E-state index contributed by atoms with van der Waals surface area (Å²) in [5, 5.41) is 0. The maximum absolute atomic E-state index is 11.3. The van der Waals surface area contributed by atoms with Gasteiger partial charge in [-0.1, -0.05) is 6.92 Å². The first-order valence-electron chi connectivity index (χ1n) is 5.57. The van der Waals surface area contributed by atoms with Crippen LogP contribution in [0.25, 0.3) is 0 Å². The Labute approximate surface area is 100 Å². The van der Waals surface area contributed by atoms with Crippen LogP contribution in [0.15, 0.2) is 18.2 Å². The first kappa shape index (κ1) is 11.8. The lowest BCUT2D eigenvalue weighted by molar-refractivity contribution is -0.141. The van der Waals surface area contributed by atoms with E-state index in [-0.39, 0.29) is 18.0 Å². The quantitative estimate of drug-likeness (QED) is 0.755. The van der Waals surface area contributed by atoms with E-state index < -0.39 is 0 Å². The summed E-state index contributed by atoms with van der Waals surface area (Å²) in [5.74, 6) is 1.43. The number of carbonyl (C=O) groups excluding carboxylic acids is 1. The lowest BCUT2D eigenvalue weighted by atomic mass is 9.96. The molecule has 0 unspecified atom stereocenters. The van der Waals surface area contributed by atoms with Crippen LogP contribution < -0.4 is 9.47 Å². The van der Waals surface area contributed by atoms with Crippen LogP contribution in [0.4, 0.5) is 0 Å². The summed E-state index contributed by atoms with van der Waals surface area (Å²) in [6.45, 7) is 2.00. The number of benzene rings is 1. The number of cyclic esters (lactones) is 1. The largest absolute Gasteiger partial charge is 0.497 e. The molecular weight excluding hydrogens is 220 g/mol. The van der Waals surface area contributed by atoms with Crippen molar-refractivity contribution in [3.63, 3.8) is 0 Å². The highest BCUT2D eigenvalue weighted by atomic mass is 16.6. The molecule has 0 amide bonds. The van der Waals surface area contributed by atoms with E-state index in [0.29, 0.717) is 12.2 Å². The van der Waals surface area contributed by atoms with Gasteiger partial charge in [-0.3, -0.25) is 4.79 Å². The number of esters is 1. The summed E-state index contributed by atoms with van der Waals surface area (Å²) in [6.07, 6.45) is 0.239. The first-order chi connectivity index (χ1) is 8.15. The minimum absolute atomic E-state index is 0.152. The van der Waals surface area contributed by atoms with Gasteiger partial charge in [0.1, 0.15) is 17.6 Å². The van der Waals surface area contributed by atoms with Crippen molar-refractivity contribution in [2.45, 2.75) is 19.4 Å². The fourth-order valence-electron chi connectivity index (χ4n) is 2.10. The van der Waals surface area contributed by atoms with Gasteiger partial charge in [-0.25, -0.2) is 0 Å². The van der Waals surface area contributed by atoms with Crippen LogP contribution in [0.3, 0.4) is 0 Å². The Bertz CT molecular complexity index is 427. The Morgan fingerprint density at radius 1 is 1.29 bits per heavy atom. The number of hydrogen-bond acceptors (Lipinski definition) is 4. The average Bonchev–Trinajstić information content (AvgIpc) is 2.67. The lowest BCUT2D eigenvalue weighted by Gasteiger charge is -2.18. The molecule has 1 heterocycles. The molecule has 1 aromatic rings. The normalized spacial score (nSPS) is 23.4. The van der Waals surface area contributed by atoms with Gasteiger partial charge in [0.2, 0.25) is 0 Å². The predicted octanol–water partition coefficient (Wildman–Crippen LogP) is 2.33. The number of rotatable bonds is 3. The molecule has 1 fully saturated rings. The summed E-state index contributed by atoms with van der Waals surface area (Å²) >= 11 is 0. The van der Waals surface area contributed by atoms with Gasteiger partial charge in [-0.2, -0.15) is 0 Å². The molecule has 92 valence electrons. The van der Waals surface area contributed by atoms with E-state index in [0.717, 1.165) is 11.3 Å². The number of methoxy groups -OCH3 is 2. The van der Waals surface area contributed by atoms with Gasteiger partial charge in [0.05, 0.1) is 20.6 Å². The summed E-state index contributed by atoms with van der Waals surface area (Å²) in [6, 6.07) is 5.53. The van der Waals surface area contributed by atoms with Crippen molar-refractivity contribution in [3.8, 4) is 11.5 Å². The van der Waals surface area contributed by atoms with Crippen LogP contribution in [-0.2, 0) is 9.53 Å². The molecule has 2 atom stereocenters. The molecule has 17 heavy (non-hydrogen) atoms. The molecule has 0 N–H and O–H groups in total. The molecule has 0 aromatic heterocycles. The SMILES string of the molecule is COc1ccc([C@H]2OC(=O)C[C@H]2C)c(OC)c1. The van der Waals surface area contributed by atoms with Crippen molar-refractivity contribution >= 4 is 5.97 Å². The number of ether oxygens (including phenoxy) is 3. The van der Waals surface area contributed by atoms with Crippen molar-refractivity contribution in [1.82, 2.24) is 0 Å². The molecule has 1 aromatic carbocycles. The van der Waals surface area contributed by atoms with Crippen molar-refractivity contribution < 1.29 is 19.0 Å². The maximum atomic E-state index is 11.3. The minimum Gasteiger partial charge on any atom is -0.497 e. The standard InChI is InChI=1S/C13H16O4/c1-8-6-12(14)17-13(8)10-5-4-9(15-2)7-11(10)16-3/h4-5,7-8,13H,6H2,1-3H3/t8-,13+/m1/s1. The van der Waals surface area contributed by atoms with Crippen molar-refractivity contribution in [3.05, 3.63) is 23.8 Å². The second-order valence-corrected chi connectivity index (χ2v) is 4.20. The zero-order valence-corrected chi connectivity index (χ0v) is 10.2. The molecule has 0 saturated carbocycles. The van der Waals surface area contributed by atoms with Gasteiger partial charge >= 0.3 is 5.97 Å². The van der Waals surface area contributed by atoms with Gasteiger partial charge in [-0.15, -0.1) is 0 Å². The highest BCUT2D eigenvalue weighted by molar-refractivity contribution is 5.72. The van der Waals surface area contributed by atoms with E-state index in [1.54, 1.807) is 20.3 Å². The van der Waals surface area contributed by atoms with E-state index in [1.165, 1.54) is 0 Å². The lowest BCUT2D eigenvalue weighted by Crippen LogP contribution is -2.06. The number of hydrogen-bond donors (Lipinski definition) is 0. The molecule has 0 aliphatic carbocycles. The molecule has 1 aliphatic heterocycles. The predicted molar refractivity (Wildman–Crippen MR) is 62.2 cm³/mol. The fourth-order valence-corrected chi connectivity index (χ4v) is 2.10. The summed E-state index contributed by atoms with van der Waals surface area (Å²) in [5.41, 5.74) is 0.895. The Hall–Kier alpha value is -1.71. The third-order valence-corrected chi connectivity index (χ3v) is 3.01. The minimum atomic E-state index is -0.219. The van der Waals surface area contributed by atoms with E-state index in [1.807, 2.05) is 19.1 Å². The van der Waals surface area contributed by atoms with Crippen LogP contribution in [-0.4, -0.2) is 20.2 Å². The van der Waals surface area contributed by atoms with Crippen LogP contribution in [0.2, 0.25) is 0 Å². The van der Waals surface area contributed by atoms with E-state index >= 15 is 0 Å². The molecule has 0 radical (unpaired) electrons. The third kappa shape index (κ3) is 2.20. The summed E-state index contributed by atoms with van der Waals surface area (Å²) in [7, 11) is 3.20. The van der Waals surface area contributed by atoms with Gasteiger partial charge < -0.3 is 14.2 Å². The molecule has 2 rings (SSSR count). The van der Waals surface area contributed by atoms with Gasteiger partial charge in [0, 0.05) is 17.5 Å². The highest BCUT2D eigenvalue weighted by Crippen LogP contribution is 2.40. The van der Waals surface area contributed by atoms with Crippen LogP contribution in [0.1, 0.15) is 25.0 Å². The zero-order chi connectivity index (χ0) is 12.4. The highest BCUT2D eigenvalue weighted by Gasteiger charge is 2.34. The molecule has 4 heteroatoms. The fraction of sp³-hybridized carbons (Fsp3) is 0.462. The Morgan fingerprint density at radius 2 is 2.06 bits per heavy atom. The van der Waals surface area contributed by atoms with E-state index in [9.17, 15) is 4.79 Å². The first-order valence-corrected chi connectivity index (χ1v) is 5.57. The summed E-state index contributed by atoms with van der Waals surface area (Å²) in [4.78, 5) is 11.3. The average molecular weight is 236 g/mol. The Morgan fingerprint density at radius 3 is 2.59 bits per heavy atom.